The third kappa shape index (κ3) is 4.74. The van der Waals surface area contributed by atoms with E-state index in [1.807, 2.05) is 4.90 Å². The molecule has 0 spiro atoms. The maximum absolute atomic E-state index is 12.8. The van der Waals surface area contributed by atoms with E-state index in [1.165, 1.54) is 12.1 Å². The molecule has 2 aromatic carbocycles. The highest BCUT2D eigenvalue weighted by Crippen LogP contribution is 2.29. The van der Waals surface area contributed by atoms with E-state index in [0.717, 1.165) is 17.7 Å². The summed E-state index contributed by atoms with van der Waals surface area (Å²) in [7, 11) is 0. The number of nitrogens with zero attached hydrogens (tertiary/aromatic N) is 1. The van der Waals surface area contributed by atoms with Crippen LogP contribution in [0.5, 0.6) is 0 Å². The zero-order valence-corrected chi connectivity index (χ0v) is 14.4. The number of carbonyl (C=O) groups is 2. The molecule has 4 nitrogen and oxygen atoms in total. The lowest BCUT2D eigenvalue weighted by Crippen LogP contribution is -2.49. The minimum atomic E-state index is -4.43. The SMILES string of the molecule is O=C(Cc1cccc(C(F)(F)F)c1)c1ccc(CN2CC(C(=O)O)C2)cc1. The largest absolute Gasteiger partial charge is 0.481 e. The van der Waals surface area contributed by atoms with E-state index < -0.39 is 17.7 Å². The molecule has 0 saturated carbocycles. The van der Waals surface area contributed by atoms with E-state index in [-0.39, 0.29) is 18.1 Å². The van der Waals surface area contributed by atoms with Gasteiger partial charge in [0.2, 0.25) is 0 Å². The van der Waals surface area contributed by atoms with Gasteiger partial charge in [0.15, 0.2) is 5.78 Å². The van der Waals surface area contributed by atoms with Crippen LogP contribution >= 0.6 is 0 Å². The van der Waals surface area contributed by atoms with Crippen molar-refractivity contribution in [3.8, 4) is 0 Å². The summed E-state index contributed by atoms with van der Waals surface area (Å²) in [5.74, 6) is -1.36. The van der Waals surface area contributed by atoms with Gasteiger partial charge in [-0.3, -0.25) is 14.5 Å². The molecule has 0 aliphatic carbocycles. The van der Waals surface area contributed by atoms with Gasteiger partial charge >= 0.3 is 12.1 Å². The second-order valence-corrected chi connectivity index (χ2v) is 6.72. The summed E-state index contributed by atoms with van der Waals surface area (Å²) in [6.07, 6.45) is -4.53. The number of rotatable bonds is 6. The van der Waals surface area contributed by atoms with Gasteiger partial charge in [-0.15, -0.1) is 0 Å². The molecule has 1 fully saturated rings. The lowest BCUT2D eigenvalue weighted by atomic mass is 9.98. The lowest BCUT2D eigenvalue weighted by Gasteiger charge is -2.36. The van der Waals surface area contributed by atoms with E-state index in [9.17, 15) is 22.8 Å². The van der Waals surface area contributed by atoms with Crippen LogP contribution in [-0.4, -0.2) is 34.8 Å². The van der Waals surface area contributed by atoms with Crippen molar-refractivity contribution in [3.63, 3.8) is 0 Å². The van der Waals surface area contributed by atoms with Crippen LogP contribution in [0, 0.1) is 5.92 Å². The number of alkyl halides is 3. The average molecular weight is 377 g/mol. The summed E-state index contributed by atoms with van der Waals surface area (Å²) < 4.78 is 38.3. The van der Waals surface area contributed by atoms with Crippen LogP contribution in [0.3, 0.4) is 0 Å². The van der Waals surface area contributed by atoms with Crippen molar-refractivity contribution in [2.75, 3.05) is 13.1 Å². The Morgan fingerprint density at radius 2 is 1.70 bits per heavy atom. The number of hydrogen-bond acceptors (Lipinski definition) is 3. The quantitative estimate of drug-likeness (QED) is 0.781. The summed E-state index contributed by atoms with van der Waals surface area (Å²) in [6, 6.07) is 11.7. The Hall–Kier alpha value is -2.67. The number of halogens is 3. The second-order valence-electron chi connectivity index (χ2n) is 6.72. The number of carbonyl (C=O) groups excluding carboxylic acids is 1. The zero-order chi connectivity index (χ0) is 19.6. The Morgan fingerprint density at radius 1 is 1.04 bits per heavy atom. The molecule has 1 heterocycles. The van der Waals surface area contributed by atoms with Crippen LogP contribution in [0.2, 0.25) is 0 Å². The van der Waals surface area contributed by atoms with E-state index >= 15 is 0 Å². The third-order valence-electron chi connectivity index (χ3n) is 4.61. The monoisotopic (exact) mass is 377 g/mol. The summed E-state index contributed by atoms with van der Waals surface area (Å²) in [4.78, 5) is 25.1. The van der Waals surface area contributed by atoms with Crippen molar-refractivity contribution >= 4 is 11.8 Å². The molecular formula is C20H18F3NO3. The molecule has 27 heavy (non-hydrogen) atoms. The molecule has 0 radical (unpaired) electrons. The molecule has 1 N–H and O–H groups in total. The number of hydrogen-bond donors (Lipinski definition) is 1. The molecule has 3 rings (SSSR count). The Labute approximate surface area is 154 Å². The van der Waals surface area contributed by atoms with E-state index in [2.05, 4.69) is 0 Å². The van der Waals surface area contributed by atoms with E-state index in [0.29, 0.717) is 30.8 Å². The second kappa shape index (κ2) is 7.52. The Bertz CT molecular complexity index is 840. The highest BCUT2D eigenvalue weighted by Gasteiger charge is 2.32. The van der Waals surface area contributed by atoms with Gasteiger partial charge in [0, 0.05) is 31.6 Å². The fourth-order valence-electron chi connectivity index (χ4n) is 3.05. The predicted molar refractivity (Wildman–Crippen MR) is 92.3 cm³/mol. The first-order valence-electron chi connectivity index (χ1n) is 8.46. The van der Waals surface area contributed by atoms with Gasteiger partial charge < -0.3 is 5.11 Å². The van der Waals surface area contributed by atoms with Gasteiger partial charge in [0.1, 0.15) is 0 Å². The van der Waals surface area contributed by atoms with Crippen LogP contribution in [0.4, 0.5) is 13.2 Å². The van der Waals surface area contributed by atoms with Crippen LogP contribution in [0.1, 0.15) is 27.0 Å². The molecule has 0 aromatic heterocycles. The maximum Gasteiger partial charge on any atom is 0.416 e. The number of benzene rings is 2. The van der Waals surface area contributed by atoms with Crippen molar-refractivity contribution in [2.45, 2.75) is 19.1 Å². The van der Waals surface area contributed by atoms with Gasteiger partial charge in [-0.1, -0.05) is 42.5 Å². The van der Waals surface area contributed by atoms with Gasteiger partial charge in [-0.05, 0) is 17.2 Å². The van der Waals surface area contributed by atoms with Crippen LogP contribution in [0.25, 0.3) is 0 Å². The van der Waals surface area contributed by atoms with Crippen molar-refractivity contribution < 1.29 is 27.9 Å². The molecular weight excluding hydrogens is 359 g/mol. The van der Waals surface area contributed by atoms with Crippen molar-refractivity contribution in [2.24, 2.45) is 5.92 Å². The fraction of sp³-hybridized carbons (Fsp3) is 0.300. The summed E-state index contributed by atoms with van der Waals surface area (Å²) in [5, 5.41) is 8.87. The minimum Gasteiger partial charge on any atom is -0.481 e. The average Bonchev–Trinajstić information content (AvgIpc) is 2.57. The number of Topliss-reactive ketones (excluding diaryl/α,β-unsaturated/α-hetero) is 1. The van der Waals surface area contributed by atoms with Gasteiger partial charge in [0.25, 0.3) is 0 Å². The Morgan fingerprint density at radius 3 is 2.30 bits per heavy atom. The zero-order valence-electron chi connectivity index (χ0n) is 14.4. The number of carboxylic acids is 1. The maximum atomic E-state index is 12.8. The van der Waals surface area contributed by atoms with Gasteiger partial charge in [-0.2, -0.15) is 13.2 Å². The van der Waals surface area contributed by atoms with Crippen LogP contribution < -0.4 is 0 Å². The van der Waals surface area contributed by atoms with Crippen molar-refractivity contribution in [3.05, 3.63) is 70.8 Å². The molecule has 0 bridgehead atoms. The van der Waals surface area contributed by atoms with Gasteiger partial charge in [0.05, 0.1) is 11.5 Å². The molecule has 2 aromatic rings. The number of carboxylic acid groups (broad SMARTS) is 1. The van der Waals surface area contributed by atoms with Crippen molar-refractivity contribution in [1.29, 1.82) is 0 Å². The normalized spacial score (nSPS) is 15.4. The van der Waals surface area contributed by atoms with Gasteiger partial charge in [-0.25, -0.2) is 0 Å². The fourth-order valence-corrected chi connectivity index (χ4v) is 3.05. The third-order valence-corrected chi connectivity index (χ3v) is 4.61. The number of ketones is 1. The Kier molecular flexibility index (Phi) is 5.32. The molecule has 142 valence electrons. The first-order chi connectivity index (χ1) is 12.7. The summed E-state index contributed by atoms with van der Waals surface area (Å²) in [6.45, 7) is 1.61. The first-order valence-corrected chi connectivity index (χ1v) is 8.46. The minimum absolute atomic E-state index is 0.102. The summed E-state index contributed by atoms with van der Waals surface area (Å²) in [5.41, 5.74) is 0.939. The highest BCUT2D eigenvalue weighted by atomic mass is 19.4. The molecule has 1 aliphatic rings. The molecule has 0 amide bonds. The number of aliphatic carboxylic acids is 1. The molecule has 7 heteroatoms. The van der Waals surface area contributed by atoms with E-state index in [4.69, 9.17) is 5.11 Å². The molecule has 1 aliphatic heterocycles. The topological polar surface area (TPSA) is 57.6 Å². The van der Waals surface area contributed by atoms with Crippen LogP contribution in [0.15, 0.2) is 48.5 Å². The first kappa shape index (κ1) is 19.1. The van der Waals surface area contributed by atoms with E-state index in [1.54, 1.807) is 24.3 Å². The Balaban J connectivity index is 1.59. The van der Waals surface area contributed by atoms with Crippen molar-refractivity contribution in [1.82, 2.24) is 4.90 Å². The smallest absolute Gasteiger partial charge is 0.416 e. The standard InChI is InChI=1S/C20H18F3NO3/c21-20(22,23)17-3-1-2-14(8-17)9-18(25)15-6-4-13(5-7-15)10-24-11-16(12-24)19(26)27/h1-8,16H,9-12H2,(H,26,27). The lowest BCUT2D eigenvalue weighted by molar-refractivity contribution is -0.147. The molecule has 0 atom stereocenters. The molecule has 1 saturated heterocycles. The number of likely N-dealkylation sites (tertiary alicyclic amines) is 1. The molecule has 0 unspecified atom stereocenters. The van der Waals surface area contributed by atoms with Crippen LogP contribution in [-0.2, 0) is 23.9 Å². The highest BCUT2D eigenvalue weighted by molar-refractivity contribution is 5.97. The predicted octanol–water partition coefficient (Wildman–Crippen LogP) is 3.65. The summed E-state index contributed by atoms with van der Waals surface area (Å²) >= 11 is 0.